The van der Waals surface area contributed by atoms with Crippen LogP contribution in [0.25, 0.3) is 0 Å². The van der Waals surface area contributed by atoms with Crippen molar-refractivity contribution in [2.24, 2.45) is 5.10 Å². The molecule has 3 aromatic rings. The van der Waals surface area contributed by atoms with Crippen molar-refractivity contribution in [2.75, 3.05) is 12.4 Å². The molecule has 0 spiro atoms. The summed E-state index contributed by atoms with van der Waals surface area (Å²) in [5, 5.41) is 6.91. The number of rotatable bonds is 6. The van der Waals surface area contributed by atoms with E-state index < -0.39 is 17.8 Å². The smallest absolute Gasteiger partial charge is 0.379 e. The highest BCUT2D eigenvalue weighted by molar-refractivity contribution is 6.40. The second-order valence-corrected chi connectivity index (χ2v) is 7.14. The first-order chi connectivity index (χ1) is 15.8. The van der Waals surface area contributed by atoms with Crippen molar-refractivity contribution < 1.29 is 28.3 Å². The number of furan rings is 1. The highest BCUT2D eigenvalue weighted by Gasteiger charge is 2.17. The lowest BCUT2D eigenvalue weighted by molar-refractivity contribution is -0.136. The van der Waals surface area contributed by atoms with E-state index in [2.05, 4.69) is 15.8 Å². The van der Waals surface area contributed by atoms with Crippen LogP contribution in [0.15, 0.2) is 64.3 Å². The van der Waals surface area contributed by atoms with E-state index in [1.165, 1.54) is 25.5 Å². The predicted molar refractivity (Wildman–Crippen MR) is 122 cm³/mol. The molecule has 0 radical (unpaired) electrons. The molecule has 2 N–H and O–H groups in total. The van der Waals surface area contributed by atoms with Gasteiger partial charge in [-0.1, -0.05) is 17.7 Å². The normalized spacial score (nSPS) is 11.0. The molecule has 0 aliphatic carbocycles. The Labute approximate surface area is 194 Å². The van der Waals surface area contributed by atoms with Gasteiger partial charge in [-0.2, -0.15) is 5.10 Å². The number of hydrazone groups is 1. The molecule has 3 rings (SSSR count). The van der Waals surface area contributed by atoms with Gasteiger partial charge in [-0.3, -0.25) is 9.59 Å². The number of carbonyl (C=O) groups is 3. The summed E-state index contributed by atoms with van der Waals surface area (Å²) < 4.78 is 15.6. The topological polar surface area (TPSA) is 119 Å². The zero-order chi connectivity index (χ0) is 24.0. The van der Waals surface area contributed by atoms with Crippen LogP contribution in [-0.2, 0) is 9.59 Å². The molecule has 2 amide bonds. The lowest BCUT2D eigenvalue weighted by Crippen LogP contribution is -2.33. The van der Waals surface area contributed by atoms with Crippen molar-refractivity contribution in [3.63, 3.8) is 0 Å². The average Bonchev–Trinajstić information content (AvgIpc) is 3.35. The molecule has 170 valence electrons. The van der Waals surface area contributed by atoms with E-state index in [1.807, 2.05) is 0 Å². The summed E-state index contributed by atoms with van der Waals surface area (Å²) in [6.07, 6.45) is 1.36. The number of esters is 1. The third-order valence-electron chi connectivity index (χ3n) is 4.55. The van der Waals surface area contributed by atoms with Gasteiger partial charge in [-0.25, -0.2) is 10.2 Å². The fraction of sp³-hybridized carbons (Fsp3) is 0.130. The van der Waals surface area contributed by atoms with E-state index >= 15 is 0 Å². The molecule has 0 saturated heterocycles. The third kappa shape index (κ3) is 5.78. The van der Waals surface area contributed by atoms with Crippen molar-refractivity contribution in [3.8, 4) is 11.5 Å². The molecule has 0 aliphatic heterocycles. The average molecular weight is 470 g/mol. The number of amides is 2. The van der Waals surface area contributed by atoms with Gasteiger partial charge >= 0.3 is 17.8 Å². The Morgan fingerprint density at radius 1 is 1.03 bits per heavy atom. The summed E-state index contributed by atoms with van der Waals surface area (Å²) in [5.41, 5.74) is 4.22. The molecule has 0 aliphatic rings. The minimum absolute atomic E-state index is 0.0489. The Kier molecular flexibility index (Phi) is 7.47. The lowest BCUT2D eigenvalue weighted by Gasteiger charge is -2.11. The number of benzene rings is 2. The second kappa shape index (κ2) is 10.5. The first-order valence-electron chi connectivity index (χ1n) is 9.65. The molecular formula is C23H20ClN3O6. The Hall–Kier alpha value is -4.11. The Bertz CT molecular complexity index is 1220. The number of nitrogens with one attached hydrogen (secondary N) is 2. The van der Waals surface area contributed by atoms with Gasteiger partial charge in [-0.15, -0.1) is 0 Å². The molecule has 0 fully saturated rings. The van der Waals surface area contributed by atoms with Gasteiger partial charge in [0.05, 0.1) is 19.1 Å². The zero-order valence-electron chi connectivity index (χ0n) is 18.0. The quantitative estimate of drug-likeness (QED) is 0.185. The molecule has 10 heteroatoms. The Balaban J connectivity index is 1.67. The van der Waals surface area contributed by atoms with Gasteiger partial charge in [-0.05, 0) is 61.9 Å². The van der Waals surface area contributed by atoms with E-state index in [-0.39, 0.29) is 17.3 Å². The zero-order valence-corrected chi connectivity index (χ0v) is 18.7. The number of halogens is 1. The van der Waals surface area contributed by atoms with E-state index in [9.17, 15) is 14.4 Å². The summed E-state index contributed by atoms with van der Waals surface area (Å²) in [6.45, 7) is 3.35. The Morgan fingerprint density at radius 2 is 1.82 bits per heavy atom. The van der Waals surface area contributed by atoms with Crippen LogP contribution in [0.4, 0.5) is 5.69 Å². The summed E-state index contributed by atoms with van der Waals surface area (Å²) >= 11 is 6.02. The fourth-order valence-corrected chi connectivity index (χ4v) is 2.87. The highest BCUT2D eigenvalue weighted by atomic mass is 35.5. The van der Waals surface area contributed by atoms with Crippen LogP contribution in [0.3, 0.4) is 0 Å². The largest absolute Gasteiger partial charge is 0.493 e. The highest BCUT2D eigenvalue weighted by Crippen LogP contribution is 2.29. The van der Waals surface area contributed by atoms with Gasteiger partial charge in [0.2, 0.25) is 5.76 Å². The maximum absolute atomic E-state index is 12.2. The van der Waals surface area contributed by atoms with Gasteiger partial charge in [0.1, 0.15) is 0 Å². The van der Waals surface area contributed by atoms with Crippen molar-refractivity contribution in [3.05, 3.63) is 76.7 Å². The SMILES string of the molecule is COc1cc(/C(C)=N/NC(=O)C(=O)Nc2cccc(Cl)c2C)ccc1OC(=O)c1ccco1. The molecule has 1 heterocycles. The second-order valence-electron chi connectivity index (χ2n) is 6.74. The van der Waals surface area contributed by atoms with Crippen LogP contribution < -0.4 is 20.2 Å². The molecule has 0 bridgehead atoms. The van der Waals surface area contributed by atoms with E-state index in [0.29, 0.717) is 27.5 Å². The van der Waals surface area contributed by atoms with Crippen molar-refractivity contribution in [2.45, 2.75) is 13.8 Å². The van der Waals surface area contributed by atoms with Gasteiger partial charge in [0.25, 0.3) is 0 Å². The minimum atomic E-state index is -0.954. The first kappa shape index (κ1) is 23.6. The summed E-state index contributed by atoms with van der Waals surface area (Å²) in [5.74, 6) is -2.03. The van der Waals surface area contributed by atoms with Crippen molar-refractivity contribution in [1.82, 2.24) is 5.43 Å². The van der Waals surface area contributed by atoms with Gasteiger partial charge in [0.15, 0.2) is 11.5 Å². The molecule has 33 heavy (non-hydrogen) atoms. The molecule has 0 atom stereocenters. The monoisotopic (exact) mass is 469 g/mol. The maximum atomic E-state index is 12.2. The fourth-order valence-electron chi connectivity index (χ4n) is 2.69. The number of anilines is 1. The van der Waals surface area contributed by atoms with Crippen LogP contribution in [0.2, 0.25) is 5.02 Å². The number of carbonyl (C=O) groups excluding carboxylic acids is 3. The van der Waals surface area contributed by atoms with Gasteiger partial charge < -0.3 is 19.2 Å². The van der Waals surface area contributed by atoms with Crippen LogP contribution in [0.5, 0.6) is 11.5 Å². The molecular weight excluding hydrogens is 450 g/mol. The number of nitrogens with zero attached hydrogens (tertiary/aromatic N) is 1. The van der Waals surface area contributed by atoms with Crippen molar-refractivity contribution in [1.29, 1.82) is 0 Å². The molecule has 0 saturated carbocycles. The number of methoxy groups -OCH3 is 1. The summed E-state index contributed by atoms with van der Waals surface area (Å²) in [7, 11) is 1.42. The number of hydrogen-bond acceptors (Lipinski definition) is 7. The maximum Gasteiger partial charge on any atom is 0.379 e. The molecule has 0 unspecified atom stereocenters. The van der Waals surface area contributed by atoms with Crippen LogP contribution in [0.1, 0.15) is 28.6 Å². The predicted octanol–water partition coefficient (Wildman–Crippen LogP) is 3.95. The van der Waals surface area contributed by atoms with Gasteiger partial charge in [0, 0.05) is 16.3 Å². The minimum Gasteiger partial charge on any atom is -0.493 e. The van der Waals surface area contributed by atoms with E-state index in [0.717, 1.165) is 0 Å². The van der Waals surface area contributed by atoms with E-state index in [4.69, 9.17) is 25.5 Å². The first-order valence-corrected chi connectivity index (χ1v) is 10.0. The number of ether oxygens (including phenoxy) is 2. The molecule has 2 aromatic carbocycles. The molecule has 1 aromatic heterocycles. The third-order valence-corrected chi connectivity index (χ3v) is 4.96. The summed E-state index contributed by atoms with van der Waals surface area (Å²) in [4.78, 5) is 36.4. The summed E-state index contributed by atoms with van der Waals surface area (Å²) in [6, 6.07) is 12.7. The molecule has 9 nitrogen and oxygen atoms in total. The standard InChI is InChI=1S/C23H20ClN3O6/c1-13-16(24)6-4-7-17(13)25-21(28)22(29)27-26-14(2)15-9-10-18(20(12-15)31-3)33-23(30)19-8-5-11-32-19/h4-12H,1-3H3,(H,25,28)(H,27,29)/b26-14+. The van der Waals surface area contributed by atoms with Crippen LogP contribution in [-0.4, -0.2) is 30.6 Å². The number of hydrogen-bond donors (Lipinski definition) is 2. The van der Waals surface area contributed by atoms with Crippen molar-refractivity contribution >= 4 is 40.8 Å². The Morgan fingerprint density at radius 3 is 2.52 bits per heavy atom. The van der Waals surface area contributed by atoms with E-state index in [1.54, 1.807) is 50.2 Å². The van der Waals surface area contributed by atoms with Crippen LogP contribution >= 0.6 is 11.6 Å². The van der Waals surface area contributed by atoms with Crippen LogP contribution in [0, 0.1) is 6.92 Å². The lowest BCUT2D eigenvalue weighted by atomic mass is 10.1.